The Morgan fingerprint density at radius 1 is 1.53 bits per heavy atom. The van der Waals surface area contributed by atoms with Gasteiger partial charge >= 0.3 is 5.97 Å². The summed E-state index contributed by atoms with van der Waals surface area (Å²) in [5.41, 5.74) is -0.559. The van der Waals surface area contributed by atoms with Gasteiger partial charge in [0.25, 0.3) is 0 Å². The Morgan fingerprint density at radius 2 is 2.21 bits per heavy atom. The van der Waals surface area contributed by atoms with Crippen molar-refractivity contribution in [1.29, 1.82) is 0 Å². The number of ether oxygens (including phenoxy) is 2. The van der Waals surface area contributed by atoms with Crippen molar-refractivity contribution >= 4 is 28.6 Å². The summed E-state index contributed by atoms with van der Waals surface area (Å²) in [5.74, 6) is 0.0973. The van der Waals surface area contributed by atoms with Crippen molar-refractivity contribution in [1.82, 2.24) is 0 Å². The number of rotatable bonds is 3. The third kappa shape index (κ3) is 3.24. The molecule has 2 rings (SSSR count). The van der Waals surface area contributed by atoms with Crippen molar-refractivity contribution in [2.45, 2.75) is 55.7 Å². The van der Waals surface area contributed by atoms with Crippen LogP contribution in [0, 0.1) is 11.3 Å². The third-order valence-corrected chi connectivity index (χ3v) is 5.74. The zero-order valence-corrected chi connectivity index (χ0v) is 14.0. The van der Waals surface area contributed by atoms with Crippen molar-refractivity contribution in [3.63, 3.8) is 0 Å². The van der Waals surface area contributed by atoms with Gasteiger partial charge in [-0.2, -0.15) is 0 Å². The normalized spacial score (nSPS) is 38.3. The molecular weight excluding hydrogens is 359 g/mol. The van der Waals surface area contributed by atoms with Gasteiger partial charge < -0.3 is 14.6 Å². The average Bonchev–Trinajstić information content (AvgIpc) is 2.77. The zero-order valence-electron chi connectivity index (χ0n) is 11.8. The maximum atomic E-state index is 11.9. The SMILES string of the molecule is CC(C)(C)OC(=O)C[C@H]1C[C@]2(CO)CCO[C@@H]2[C@H]1I. The molecule has 2 aliphatic rings. The van der Waals surface area contributed by atoms with Crippen molar-refractivity contribution in [3.05, 3.63) is 0 Å². The number of aliphatic hydroxyl groups excluding tert-OH is 1. The molecule has 1 aliphatic carbocycles. The largest absolute Gasteiger partial charge is 0.460 e. The molecule has 0 bridgehead atoms. The number of aliphatic hydroxyl groups is 1. The monoisotopic (exact) mass is 382 g/mol. The van der Waals surface area contributed by atoms with E-state index >= 15 is 0 Å². The smallest absolute Gasteiger partial charge is 0.306 e. The van der Waals surface area contributed by atoms with Gasteiger partial charge in [-0.1, -0.05) is 22.6 Å². The molecule has 1 saturated carbocycles. The first-order valence-corrected chi connectivity index (χ1v) is 8.10. The van der Waals surface area contributed by atoms with E-state index in [9.17, 15) is 9.90 Å². The summed E-state index contributed by atoms with van der Waals surface area (Å²) in [4.78, 5) is 11.9. The van der Waals surface area contributed by atoms with E-state index in [4.69, 9.17) is 9.47 Å². The van der Waals surface area contributed by atoms with Crippen LogP contribution in [0.25, 0.3) is 0 Å². The van der Waals surface area contributed by atoms with Crippen LogP contribution in [0.5, 0.6) is 0 Å². The highest BCUT2D eigenvalue weighted by molar-refractivity contribution is 14.1. The van der Waals surface area contributed by atoms with Crippen LogP contribution in [0.3, 0.4) is 0 Å². The Morgan fingerprint density at radius 3 is 2.74 bits per heavy atom. The maximum absolute atomic E-state index is 11.9. The number of alkyl halides is 1. The molecule has 0 aromatic heterocycles. The van der Waals surface area contributed by atoms with Crippen molar-refractivity contribution in [3.8, 4) is 0 Å². The molecule has 0 radical (unpaired) electrons. The molecule has 5 heteroatoms. The molecule has 0 unspecified atom stereocenters. The van der Waals surface area contributed by atoms with Crippen molar-refractivity contribution in [2.24, 2.45) is 11.3 Å². The fourth-order valence-corrected chi connectivity index (χ4v) is 4.73. The van der Waals surface area contributed by atoms with Gasteiger partial charge in [0.15, 0.2) is 0 Å². The van der Waals surface area contributed by atoms with Gasteiger partial charge in [0, 0.05) is 22.4 Å². The number of carbonyl (C=O) groups excluding carboxylic acids is 1. The molecule has 1 aliphatic heterocycles. The Bertz CT molecular complexity index is 352. The van der Waals surface area contributed by atoms with E-state index in [1.807, 2.05) is 20.8 Å². The lowest BCUT2D eigenvalue weighted by molar-refractivity contribution is -0.155. The van der Waals surface area contributed by atoms with Crippen molar-refractivity contribution < 1.29 is 19.4 Å². The molecule has 19 heavy (non-hydrogen) atoms. The number of esters is 1. The predicted molar refractivity (Wildman–Crippen MR) is 80.3 cm³/mol. The molecule has 4 atom stereocenters. The molecule has 4 nitrogen and oxygen atoms in total. The third-order valence-electron chi connectivity index (χ3n) is 4.07. The van der Waals surface area contributed by atoms with Crippen LogP contribution in [-0.4, -0.2) is 39.9 Å². The van der Waals surface area contributed by atoms with Gasteiger partial charge in [0.05, 0.1) is 12.7 Å². The van der Waals surface area contributed by atoms with E-state index in [1.165, 1.54) is 0 Å². The molecule has 0 aromatic carbocycles. The fourth-order valence-electron chi connectivity index (χ4n) is 3.25. The minimum Gasteiger partial charge on any atom is -0.460 e. The summed E-state index contributed by atoms with van der Waals surface area (Å²) in [6, 6.07) is 0. The molecular formula is C14H23IO4. The molecule has 1 heterocycles. The van der Waals surface area contributed by atoms with Gasteiger partial charge in [0.2, 0.25) is 0 Å². The standard InChI is InChI=1S/C14H23IO4/c1-13(2,3)19-10(17)6-9-7-14(8-16)4-5-18-12(14)11(9)15/h9,11-12,16H,4-8H2,1-3H3/t9-,11-,12+,14-/m0/s1. The van der Waals surface area contributed by atoms with Crippen LogP contribution in [0.2, 0.25) is 0 Å². The molecule has 2 fully saturated rings. The van der Waals surface area contributed by atoms with Crippen LogP contribution in [0.15, 0.2) is 0 Å². The molecule has 1 N–H and O–H groups in total. The summed E-state index contributed by atoms with van der Waals surface area (Å²) in [6.07, 6.45) is 2.27. The van der Waals surface area contributed by atoms with E-state index in [-0.39, 0.29) is 33.9 Å². The number of halogens is 1. The number of fused-ring (bicyclic) bond motifs is 1. The average molecular weight is 382 g/mol. The molecule has 0 amide bonds. The highest BCUT2D eigenvalue weighted by atomic mass is 127. The fraction of sp³-hybridized carbons (Fsp3) is 0.929. The van der Waals surface area contributed by atoms with Gasteiger partial charge in [0.1, 0.15) is 5.60 Å². The number of carbonyl (C=O) groups is 1. The van der Waals surface area contributed by atoms with Gasteiger partial charge in [-0.25, -0.2) is 0 Å². The quantitative estimate of drug-likeness (QED) is 0.463. The second kappa shape index (κ2) is 5.48. The lowest BCUT2D eigenvalue weighted by Crippen LogP contribution is -2.33. The van der Waals surface area contributed by atoms with Gasteiger partial charge in [-0.05, 0) is 39.5 Å². The second-order valence-electron chi connectivity index (χ2n) is 6.76. The summed E-state index contributed by atoms with van der Waals surface area (Å²) in [6.45, 7) is 6.53. The van der Waals surface area contributed by atoms with Crippen LogP contribution in [-0.2, 0) is 14.3 Å². The van der Waals surface area contributed by atoms with Gasteiger partial charge in [-0.15, -0.1) is 0 Å². The Hall–Kier alpha value is 0.120. The first-order chi connectivity index (χ1) is 8.77. The van der Waals surface area contributed by atoms with E-state index in [2.05, 4.69) is 22.6 Å². The minimum atomic E-state index is -0.433. The Kier molecular flexibility index (Phi) is 4.48. The highest BCUT2D eigenvalue weighted by Crippen LogP contribution is 2.53. The molecule has 0 aromatic rings. The van der Waals surface area contributed by atoms with E-state index in [0.717, 1.165) is 19.4 Å². The van der Waals surface area contributed by atoms with E-state index < -0.39 is 5.60 Å². The summed E-state index contributed by atoms with van der Waals surface area (Å²) < 4.78 is 11.4. The van der Waals surface area contributed by atoms with Crippen LogP contribution >= 0.6 is 22.6 Å². The second-order valence-corrected chi connectivity index (χ2v) is 8.20. The summed E-state index contributed by atoms with van der Waals surface area (Å²) >= 11 is 2.37. The molecule has 110 valence electrons. The van der Waals surface area contributed by atoms with Crippen LogP contribution in [0.1, 0.15) is 40.0 Å². The maximum Gasteiger partial charge on any atom is 0.306 e. The summed E-state index contributed by atoms with van der Waals surface area (Å²) in [5, 5.41) is 9.68. The first-order valence-electron chi connectivity index (χ1n) is 6.86. The minimum absolute atomic E-state index is 0.0885. The van der Waals surface area contributed by atoms with Crippen LogP contribution < -0.4 is 0 Å². The topological polar surface area (TPSA) is 55.8 Å². The molecule has 1 saturated heterocycles. The van der Waals surface area contributed by atoms with Crippen LogP contribution in [0.4, 0.5) is 0 Å². The molecule has 0 spiro atoms. The van der Waals surface area contributed by atoms with Crippen molar-refractivity contribution in [2.75, 3.05) is 13.2 Å². The number of hydrogen-bond acceptors (Lipinski definition) is 4. The lowest BCUT2D eigenvalue weighted by atomic mass is 9.83. The Balaban J connectivity index is 1.98. The van der Waals surface area contributed by atoms with E-state index in [0.29, 0.717) is 6.42 Å². The Labute approximate surface area is 128 Å². The lowest BCUT2D eigenvalue weighted by Gasteiger charge is -2.25. The van der Waals surface area contributed by atoms with E-state index in [1.54, 1.807) is 0 Å². The predicted octanol–water partition coefficient (Wildman–Crippen LogP) is 2.31. The number of hydrogen-bond donors (Lipinski definition) is 1. The first kappa shape index (κ1) is 15.5. The zero-order chi connectivity index (χ0) is 14.3. The van der Waals surface area contributed by atoms with Gasteiger partial charge in [-0.3, -0.25) is 4.79 Å². The highest BCUT2D eigenvalue weighted by Gasteiger charge is 2.56. The summed E-state index contributed by atoms with van der Waals surface area (Å²) in [7, 11) is 0.